The molecule has 2 aliphatic heterocycles. The number of thiazole rings is 1. The molecule has 150 valence electrons. The zero-order valence-electron chi connectivity index (χ0n) is 14.5. The van der Waals surface area contributed by atoms with Gasteiger partial charge in [-0.2, -0.15) is 0 Å². The number of hydrogen-bond acceptors (Lipinski definition) is 9. The zero-order chi connectivity index (χ0) is 20.4. The largest absolute Gasteiger partial charge is 0.477 e. The molecule has 28 heavy (non-hydrogen) atoms. The molecule has 1 aromatic rings. The summed E-state index contributed by atoms with van der Waals surface area (Å²) in [5, 5.41) is 17.0. The summed E-state index contributed by atoms with van der Waals surface area (Å²) >= 11 is 8.33. The number of carbonyl (C=O) groups is 3. The topological polar surface area (TPSA) is 147 Å². The normalized spacial score (nSPS) is 21.9. The molecule has 0 radical (unpaired) electrons. The summed E-state index contributed by atoms with van der Waals surface area (Å²) < 4.78 is 0. The van der Waals surface area contributed by atoms with E-state index < -0.39 is 29.2 Å². The third-order valence-corrected chi connectivity index (χ3v) is 6.27. The van der Waals surface area contributed by atoms with Gasteiger partial charge in [-0.25, -0.2) is 9.78 Å². The van der Waals surface area contributed by atoms with Crippen molar-refractivity contribution in [3.8, 4) is 0 Å². The van der Waals surface area contributed by atoms with Crippen molar-refractivity contribution in [1.82, 2.24) is 15.2 Å². The number of rotatable bonds is 7. The molecule has 2 aliphatic rings. The van der Waals surface area contributed by atoms with E-state index >= 15 is 0 Å². The van der Waals surface area contributed by atoms with Gasteiger partial charge in [0.25, 0.3) is 11.8 Å². The fourth-order valence-corrected chi connectivity index (χ4v) is 4.69. The third kappa shape index (κ3) is 3.80. The molecule has 0 aliphatic carbocycles. The van der Waals surface area contributed by atoms with Crippen LogP contribution in [0, 0.1) is 0 Å². The van der Waals surface area contributed by atoms with Gasteiger partial charge in [-0.05, 0) is 6.42 Å². The number of amides is 2. The van der Waals surface area contributed by atoms with Crippen molar-refractivity contribution in [2.45, 2.75) is 24.8 Å². The number of nitrogens with two attached hydrogens (primary N) is 1. The zero-order valence-corrected chi connectivity index (χ0v) is 16.9. The molecule has 2 amide bonds. The van der Waals surface area contributed by atoms with Gasteiger partial charge in [-0.15, -0.1) is 23.1 Å². The Bertz CT molecular complexity index is 886. The second-order valence-electron chi connectivity index (χ2n) is 5.76. The van der Waals surface area contributed by atoms with Crippen LogP contribution in [0.1, 0.15) is 19.0 Å². The maximum absolute atomic E-state index is 12.7. The molecular weight excluding hydrogens is 430 g/mol. The number of nitrogens with one attached hydrogen (secondary N) is 1. The molecule has 3 heterocycles. The summed E-state index contributed by atoms with van der Waals surface area (Å²) in [5.41, 5.74) is 5.48. The van der Waals surface area contributed by atoms with Crippen LogP contribution in [0.3, 0.4) is 0 Å². The lowest BCUT2D eigenvalue weighted by Gasteiger charge is -2.48. The highest BCUT2D eigenvalue weighted by Crippen LogP contribution is 2.41. The van der Waals surface area contributed by atoms with E-state index in [0.29, 0.717) is 13.0 Å². The standard InChI is InChI=1S/C15H16ClN5O5S2/c1-2-3-26-20-8(7-5-28-15(17)18-7)11(22)19-9-12(23)21-10(14(24)25)6(16)4-27-13(9)21/h5,9,13H,2-4H2,1H3,(H2,17,18)(H,19,22)(H,24,25)/b20-8+. The molecule has 4 N–H and O–H groups in total. The lowest BCUT2D eigenvalue weighted by Crippen LogP contribution is -2.71. The average Bonchev–Trinajstić information content (AvgIpc) is 3.08. The van der Waals surface area contributed by atoms with E-state index in [1.165, 1.54) is 11.8 Å². The van der Waals surface area contributed by atoms with Crippen molar-refractivity contribution in [2.75, 3.05) is 18.1 Å². The highest BCUT2D eigenvalue weighted by atomic mass is 35.5. The number of oxime groups is 1. The summed E-state index contributed by atoms with van der Waals surface area (Å²) in [6.45, 7) is 2.19. The number of thioether (sulfide) groups is 1. The number of anilines is 1. The lowest BCUT2D eigenvalue weighted by atomic mass is 10.0. The Morgan fingerprint density at radius 1 is 1.57 bits per heavy atom. The number of halogens is 1. The number of aliphatic carboxylic acids is 1. The molecule has 0 spiro atoms. The second-order valence-corrected chi connectivity index (χ2v) is 8.21. The minimum absolute atomic E-state index is 0.0834. The Labute approximate surface area is 172 Å². The van der Waals surface area contributed by atoms with Gasteiger partial charge in [-0.3, -0.25) is 14.5 Å². The molecule has 3 rings (SSSR count). The van der Waals surface area contributed by atoms with Crippen LogP contribution in [0.2, 0.25) is 0 Å². The Morgan fingerprint density at radius 3 is 2.93 bits per heavy atom. The van der Waals surface area contributed by atoms with Crippen LogP contribution < -0.4 is 11.1 Å². The number of aromatic nitrogens is 1. The quantitative estimate of drug-likeness (QED) is 0.241. The fraction of sp³-hybridized carbons (Fsp3) is 0.400. The van der Waals surface area contributed by atoms with Gasteiger partial charge in [0, 0.05) is 11.1 Å². The van der Waals surface area contributed by atoms with Crippen LogP contribution in [0.5, 0.6) is 0 Å². The Hall–Kier alpha value is -2.31. The Kier molecular flexibility index (Phi) is 6.10. The third-order valence-electron chi connectivity index (χ3n) is 3.84. The van der Waals surface area contributed by atoms with Crippen molar-refractivity contribution in [3.05, 3.63) is 21.8 Å². The molecule has 1 saturated heterocycles. The molecule has 2 unspecified atom stereocenters. The van der Waals surface area contributed by atoms with Gasteiger partial charge in [-0.1, -0.05) is 23.7 Å². The SMILES string of the molecule is CCCO/N=C(/C(=O)NC1C(=O)N2C(C(=O)O)=C(Cl)CSC12)c1csc(N)n1. The smallest absolute Gasteiger partial charge is 0.353 e. The van der Waals surface area contributed by atoms with Crippen molar-refractivity contribution >= 4 is 63.3 Å². The first-order valence-electron chi connectivity index (χ1n) is 8.14. The van der Waals surface area contributed by atoms with Gasteiger partial charge in [0.2, 0.25) is 0 Å². The van der Waals surface area contributed by atoms with Crippen LogP contribution in [0.4, 0.5) is 5.13 Å². The first kappa shape index (κ1) is 20.4. The second kappa shape index (κ2) is 8.37. The predicted octanol–water partition coefficient (Wildman–Crippen LogP) is 0.791. The van der Waals surface area contributed by atoms with Gasteiger partial charge < -0.3 is 21.0 Å². The summed E-state index contributed by atoms with van der Waals surface area (Å²) in [6, 6.07) is -0.913. The first-order valence-corrected chi connectivity index (χ1v) is 10.4. The molecule has 10 nitrogen and oxygen atoms in total. The number of carboxylic acid groups (broad SMARTS) is 1. The molecule has 1 aromatic heterocycles. The average molecular weight is 446 g/mol. The van der Waals surface area contributed by atoms with Crippen LogP contribution in [-0.4, -0.2) is 62.3 Å². The molecule has 0 saturated carbocycles. The monoisotopic (exact) mass is 445 g/mol. The highest BCUT2D eigenvalue weighted by Gasteiger charge is 2.54. The number of carboxylic acids is 1. The Morgan fingerprint density at radius 2 is 2.32 bits per heavy atom. The van der Waals surface area contributed by atoms with Gasteiger partial charge in [0.15, 0.2) is 10.8 Å². The number of nitrogen functional groups attached to an aromatic ring is 1. The summed E-state index contributed by atoms with van der Waals surface area (Å²) in [4.78, 5) is 46.8. The van der Waals surface area contributed by atoms with Crippen LogP contribution in [0.25, 0.3) is 0 Å². The van der Waals surface area contributed by atoms with Crippen LogP contribution >= 0.6 is 34.7 Å². The first-order chi connectivity index (χ1) is 13.3. The molecule has 2 atom stereocenters. The summed E-state index contributed by atoms with van der Waals surface area (Å²) in [5.74, 6) is -2.29. The minimum Gasteiger partial charge on any atom is -0.477 e. The van der Waals surface area contributed by atoms with E-state index in [0.717, 1.165) is 16.2 Å². The number of nitrogens with zero attached hydrogens (tertiary/aromatic N) is 3. The highest BCUT2D eigenvalue weighted by molar-refractivity contribution is 8.00. The van der Waals surface area contributed by atoms with Crippen molar-refractivity contribution in [2.24, 2.45) is 5.16 Å². The van der Waals surface area contributed by atoms with Crippen LogP contribution in [-0.2, 0) is 19.2 Å². The number of carbonyl (C=O) groups excluding carboxylic acids is 2. The van der Waals surface area contributed by atoms with E-state index in [1.54, 1.807) is 5.38 Å². The van der Waals surface area contributed by atoms with E-state index in [-0.39, 0.29) is 33.0 Å². The number of β-lactam (4-membered cyclic amide) rings is 1. The minimum atomic E-state index is -1.29. The number of hydrogen-bond donors (Lipinski definition) is 3. The van der Waals surface area contributed by atoms with Crippen LogP contribution in [0.15, 0.2) is 21.3 Å². The van der Waals surface area contributed by atoms with E-state index in [4.69, 9.17) is 22.2 Å². The van der Waals surface area contributed by atoms with Crippen molar-refractivity contribution in [1.29, 1.82) is 0 Å². The predicted molar refractivity (Wildman–Crippen MR) is 105 cm³/mol. The van der Waals surface area contributed by atoms with Gasteiger partial charge in [0.1, 0.15) is 29.4 Å². The summed E-state index contributed by atoms with van der Waals surface area (Å²) in [7, 11) is 0. The molecule has 1 fully saturated rings. The van der Waals surface area contributed by atoms with Crippen molar-refractivity contribution < 1.29 is 24.3 Å². The molecule has 13 heteroatoms. The molecular formula is C15H16ClN5O5S2. The van der Waals surface area contributed by atoms with Gasteiger partial charge >= 0.3 is 5.97 Å². The molecule has 0 aromatic carbocycles. The maximum Gasteiger partial charge on any atom is 0.353 e. The Balaban J connectivity index is 1.77. The van der Waals surface area contributed by atoms with Gasteiger partial charge in [0.05, 0.1) is 5.03 Å². The fourth-order valence-electron chi connectivity index (χ4n) is 2.59. The molecule has 0 bridgehead atoms. The van der Waals surface area contributed by atoms with Crippen molar-refractivity contribution in [3.63, 3.8) is 0 Å². The van der Waals surface area contributed by atoms with E-state index in [9.17, 15) is 19.5 Å². The van der Waals surface area contributed by atoms with E-state index in [2.05, 4.69) is 15.5 Å². The summed E-state index contributed by atoms with van der Waals surface area (Å²) in [6.07, 6.45) is 0.692. The lowest BCUT2D eigenvalue weighted by molar-refractivity contribution is -0.150. The maximum atomic E-state index is 12.7. The van der Waals surface area contributed by atoms with E-state index in [1.807, 2.05) is 6.92 Å². The number of fused-ring (bicyclic) bond motifs is 1.